The molecule has 0 aromatic heterocycles. The average Bonchev–Trinajstić information content (AvgIpc) is 2.77. The van der Waals surface area contributed by atoms with Crippen molar-refractivity contribution < 1.29 is 34.6 Å². The Morgan fingerprint density at radius 1 is 0.903 bits per heavy atom. The molecule has 5 atom stereocenters. The minimum Gasteiger partial charge on any atom is -0.492 e. The van der Waals surface area contributed by atoms with E-state index < -0.39 is 37.3 Å². The maximum absolute atomic E-state index is 10.1. The van der Waals surface area contributed by atoms with Crippen molar-refractivity contribution in [3.63, 3.8) is 0 Å². The van der Waals surface area contributed by atoms with Gasteiger partial charge in [0.15, 0.2) is 0 Å². The van der Waals surface area contributed by atoms with Gasteiger partial charge in [0, 0.05) is 18.7 Å². The summed E-state index contributed by atoms with van der Waals surface area (Å²) in [5.41, 5.74) is 6.49. The van der Waals surface area contributed by atoms with Crippen LogP contribution in [0.2, 0.25) is 0 Å². The summed E-state index contributed by atoms with van der Waals surface area (Å²) in [7, 11) is 0. The molecule has 170 valence electrons. The molecule has 0 saturated carbocycles. The highest BCUT2D eigenvalue weighted by atomic mass is 35.5. The molecule has 0 aliphatic carbocycles. The second-order valence-corrected chi connectivity index (χ2v) is 6.65. The van der Waals surface area contributed by atoms with E-state index >= 15 is 0 Å². The molecule has 1 saturated heterocycles. The summed E-state index contributed by atoms with van der Waals surface area (Å²) in [6.07, 6.45) is -6.79. The van der Waals surface area contributed by atoms with Crippen LogP contribution in [0, 0.1) is 0 Å². The molecule has 3 rings (SSSR count). The van der Waals surface area contributed by atoms with E-state index in [1.165, 1.54) is 0 Å². The Morgan fingerprint density at radius 3 is 2.13 bits per heavy atom. The summed E-state index contributed by atoms with van der Waals surface area (Å²) in [5.74, 6) is 0.937. The van der Waals surface area contributed by atoms with E-state index in [2.05, 4.69) is 10.2 Å². The molecule has 0 bridgehead atoms. The van der Waals surface area contributed by atoms with Crippen molar-refractivity contribution in [3.8, 4) is 11.5 Å². The number of halogens is 1. The summed E-state index contributed by atoms with van der Waals surface area (Å²) in [4.78, 5) is 0. The van der Waals surface area contributed by atoms with Gasteiger partial charge in [-0.15, -0.1) is 12.4 Å². The lowest BCUT2D eigenvalue weighted by Gasteiger charge is -2.39. The zero-order valence-electron chi connectivity index (χ0n) is 16.5. The molecular weight excluding hydrogens is 430 g/mol. The monoisotopic (exact) mass is 455 g/mol. The van der Waals surface area contributed by atoms with Gasteiger partial charge in [-0.2, -0.15) is 10.2 Å². The Morgan fingerprint density at radius 2 is 1.52 bits per heavy atom. The van der Waals surface area contributed by atoms with Crippen LogP contribution < -0.4 is 15.2 Å². The molecule has 0 radical (unpaired) electrons. The summed E-state index contributed by atoms with van der Waals surface area (Å²) >= 11 is 0. The Labute approximate surface area is 185 Å². The molecule has 6 N–H and O–H groups in total. The molecule has 2 aromatic rings. The van der Waals surface area contributed by atoms with Gasteiger partial charge < -0.3 is 40.4 Å². The van der Waals surface area contributed by atoms with Gasteiger partial charge in [-0.05, 0) is 24.3 Å². The van der Waals surface area contributed by atoms with E-state index in [0.29, 0.717) is 36.0 Å². The fourth-order valence-electron chi connectivity index (χ4n) is 2.85. The maximum atomic E-state index is 10.1. The van der Waals surface area contributed by atoms with E-state index in [4.69, 9.17) is 19.9 Å². The van der Waals surface area contributed by atoms with Crippen molar-refractivity contribution in [1.82, 2.24) is 0 Å². The van der Waals surface area contributed by atoms with E-state index in [9.17, 15) is 20.4 Å². The highest BCUT2D eigenvalue weighted by molar-refractivity contribution is 5.85. The first-order chi connectivity index (χ1) is 14.5. The third kappa shape index (κ3) is 6.58. The Balaban J connectivity index is 0.00000341. The number of benzene rings is 2. The van der Waals surface area contributed by atoms with Crippen LogP contribution in [0.3, 0.4) is 0 Å². The molecule has 2 aromatic carbocycles. The molecule has 11 heteroatoms. The quantitative estimate of drug-likeness (QED) is 0.369. The molecule has 0 amide bonds. The van der Waals surface area contributed by atoms with Crippen molar-refractivity contribution in [2.24, 2.45) is 16.0 Å². The predicted molar refractivity (Wildman–Crippen MR) is 113 cm³/mol. The van der Waals surface area contributed by atoms with Crippen LogP contribution in [-0.2, 0) is 4.74 Å². The third-order valence-electron chi connectivity index (χ3n) is 4.40. The van der Waals surface area contributed by atoms with Gasteiger partial charge in [-0.25, -0.2) is 0 Å². The van der Waals surface area contributed by atoms with Crippen molar-refractivity contribution >= 4 is 23.8 Å². The van der Waals surface area contributed by atoms with Crippen LogP contribution in [0.15, 0.2) is 58.8 Å². The van der Waals surface area contributed by atoms with Crippen LogP contribution in [-0.4, -0.2) is 70.9 Å². The SMILES string of the molecule is Cl.NCCOc1cccc(N=Nc2cccc(O[C@@H]3O[C@H](CO)[C@H](O)[C@H](O)[C@H]3O)c2)c1. The van der Waals surface area contributed by atoms with Crippen LogP contribution in [0.5, 0.6) is 11.5 Å². The van der Waals surface area contributed by atoms with Gasteiger partial charge >= 0.3 is 0 Å². The fraction of sp³-hybridized carbons (Fsp3) is 0.400. The Kier molecular flexibility index (Phi) is 9.59. The van der Waals surface area contributed by atoms with Crippen molar-refractivity contribution in [2.75, 3.05) is 19.8 Å². The molecule has 1 heterocycles. The van der Waals surface area contributed by atoms with Crippen LogP contribution in [0.4, 0.5) is 11.4 Å². The van der Waals surface area contributed by atoms with Gasteiger partial charge in [-0.1, -0.05) is 12.1 Å². The van der Waals surface area contributed by atoms with Crippen molar-refractivity contribution in [1.29, 1.82) is 0 Å². The number of ether oxygens (including phenoxy) is 3. The lowest BCUT2D eigenvalue weighted by Crippen LogP contribution is -2.60. The predicted octanol–water partition coefficient (Wildman–Crippen LogP) is 1.04. The van der Waals surface area contributed by atoms with Gasteiger partial charge in [0.2, 0.25) is 6.29 Å². The molecule has 1 aliphatic heterocycles. The van der Waals surface area contributed by atoms with Crippen molar-refractivity contribution in [2.45, 2.75) is 30.7 Å². The zero-order valence-corrected chi connectivity index (χ0v) is 17.3. The number of rotatable bonds is 8. The smallest absolute Gasteiger partial charge is 0.229 e. The average molecular weight is 456 g/mol. The number of aliphatic hydroxyl groups excluding tert-OH is 4. The van der Waals surface area contributed by atoms with Gasteiger partial charge in [0.05, 0.1) is 18.0 Å². The zero-order chi connectivity index (χ0) is 21.5. The summed E-state index contributed by atoms with van der Waals surface area (Å²) in [6, 6.07) is 13.7. The highest BCUT2D eigenvalue weighted by Crippen LogP contribution is 2.28. The van der Waals surface area contributed by atoms with Crippen LogP contribution >= 0.6 is 12.4 Å². The number of azo groups is 1. The fourth-order valence-corrected chi connectivity index (χ4v) is 2.85. The number of hydrogen-bond donors (Lipinski definition) is 5. The van der Waals surface area contributed by atoms with Gasteiger partial charge in [0.1, 0.15) is 42.5 Å². The second kappa shape index (κ2) is 11.9. The molecule has 1 fully saturated rings. The van der Waals surface area contributed by atoms with Crippen LogP contribution in [0.25, 0.3) is 0 Å². The summed E-state index contributed by atoms with van der Waals surface area (Å²) < 4.78 is 16.4. The molecule has 0 spiro atoms. The summed E-state index contributed by atoms with van der Waals surface area (Å²) in [5, 5.41) is 47.4. The van der Waals surface area contributed by atoms with Gasteiger partial charge in [-0.3, -0.25) is 0 Å². The van der Waals surface area contributed by atoms with Crippen molar-refractivity contribution in [3.05, 3.63) is 48.5 Å². The largest absolute Gasteiger partial charge is 0.492 e. The Hall–Kier alpha value is -2.31. The van der Waals surface area contributed by atoms with E-state index in [-0.39, 0.29) is 12.4 Å². The number of aliphatic hydroxyl groups is 4. The first kappa shape index (κ1) is 25.0. The molecule has 10 nitrogen and oxygen atoms in total. The molecular formula is C20H26ClN3O7. The van der Waals surface area contributed by atoms with Crippen LogP contribution in [0.1, 0.15) is 0 Å². The third-order valence-corrected chi connectivity index (χ3v) is 4.40. The number of nitrogens with zero attached hydrogens (tertiary/aromatic N) is 2. The second-order valence-electron chi connectivity index (χ2n) is 6.65. The normalized spacial score (nSPS) is 25.8. The maximum Gasteiger partial charge on any atom is 0.229 e. The topological polar surface area (TPSA) is 159 Å². The van der Waals surface area contributed by atoms with E-state index in [0.717, 1.165) is 0 Å². The van der Waals surface area contributed by atoms with E-state index in [1.807, 2.05) is 0 Å². The first-order valence-electron chi connectivity index (χ1n) is 9.43. The van der Waals surface area contributed by atoms with E-state index in [1.54, 1.807) is 48.5 Å². The standard InChI is InChI=1S/C20H25N3O7.ClH/c21-7-8-28-14-5-1-3-12(9-14)22-23-13-4-2-6-15(10-13)29-20-19(27)18(26)17(25)16(11-24)30-20;/h1-6,9-10,16-20,24-27H,7-8,11,21H2;1H/t16-,17+,18+,19-,20-;/m1./s1. The Bertz CT molecular complexity index is 855. The number of nitrogens with two attached hydrogens (primary N) is 1. The molecule has 31 heavy (non-hydrogen) atoms. The molecule has 1 aliphatic rings. The minimum absolute atomic E-state index is 0. The molecule has 0 unspecified atom stereocenters. The lowest BCUT2D eigenvalue weighted by molar-refractivity contribution is -0.277. The highest BCUT2D eigenvalue weighted by Gasteiger charge is 2.44. The number of hydrogen-bond acceptors (Lipinski definition) is 10. The lowest BCUT2D eigenvalue weighted by atomic mass is 9.99. The summed E-state index contributed by atoms with van der Waals surface area (Å²) in [6.45, 7) is 0.276. The first-order valence-corrected chi connectivity index (χ1v) is 9.43. The minimum atomic E-state index is -1.52. The van der Waals surface area contributed by atoms with Gasteiger partial charge in [0.25, 0.3) is 0 Å².